The van der Waals surface area contributed by atoms with Gasteiger partial charge in [-0.1, -0.05) is 0 Å². The zero-order chi connectivity index (χ0) is 11.4. The third-order valence-electron chi connectivity index (χ3n) is 2.62. The monoisotopic (exact) mass is 226 g/mol. The van der Waals surface area contributed by atoms with Crippen LogP contribution >= 0.6 is 0 Å². The molecule has 1 heterocycles. The van der Waals surface area contributed by atoms with Gasteiger partial charge in [-0.3, -0.25) is 0 Å². The lowest BCUT2D eigenvalue weighted by Gasteiger charge is -2.11. The summed E-state index contributed by atoms with van der Waals surface area (Å²) in [4.78, 5) is 0. The van der Waals surface area contributed by atoms with Crippen LogP contribution in [0.15, 0.2) is 18.2 Å². The van der Waals surface area contributed by atoms with Crippen molar-refractivity contribution in [1.82, 2.24) is 0 Å². The topological polar surface area (TPSA) is 38.7 Å². The van der Waals surface area contributed by atoms with E-state index in [9.17, 15) is 4.39 Å². The molecule has 1 saturated heterocycles. The molecule has 1 aromatic rings. The summed E-state index contributed by atoms with van der Waals surface area (Å²) in [5, 5.41) is 8.92. The van der Waals surface area contributed by atoms with Gasteiger partial charge in [0, 0.05) is 18.6 Å². The molecule has 0 bridgehead atoms. The van der Waals surface area contributed by atoms with Crippen LogP contribution in [0.2, 0.25) is 0 Å². The van der Waals surface area contributed by atoms with Crippen LogP contribution in [0.1, 0.15) is 12.0 Å². The third kappa shape index (κ3) is 2.93. The summed E-state index contributed by atoms with van der Waals surface area (Å²) in [6.45, 7) is 1.84. The Labute approximate surface area is 93.8 Å². The molecule has 1 atom stereocenters. The summed E-state index contributed by atoms with van der Waals surface area (Å²) in [6, 6.07) is 4.28. The lowest BCUT2D eigenvalue weighted by Crippen LogP contribution is -2.11. The number of hydrogen-bond donors (Lipinski definition) is 1. The van der Waals surface area contributed by atoms with E-state index in [0.29, 0.717) is 30.4 Å². The van der Waals surface area contributed by atoms with Crippen LogP contribution in [0, 0.1) is 11.7 Å². The van der Waals surface area contributed by atoms with Crippen molar-refractivity contribution in [2.45, 2.75) is 13.0 Å². The van der Waals surface area contributed by atoms with Crippen LogP contribution in [0.25, 0.3) is 0 Å². The van der Waals surface area contributed by atoms with E-state index in [0.717, 1.165) is 13.0 Å². The Bertz CT molecular complexity index is 348. The minimum Gasteiger partial charge on any atom is -0.493 e. The molecule has 2 rings (SSSR count). The maximum absolute atomic E-state index is 13.1. The van der Waals surface area contributed by atoms with E-state index in [1.807, 2.05) is 0 Å². The van der Waals surface area contributed by atoms with Crippen molar-refractivity contribution in [3.05, 3.63) is 29.6 Å². The van der Waals surface area contributed by atoms with E-state index < -0.39 is 0 Å². The van der Waals surface area contributed by atoms with Gasteiger partial charge in [0.15, 0.2) is 0 Å². The number of ether oxygens (including phenoxy) is 2. The standard InChI is InChI=1S/C12H15FO3/c13-11-3-10(6-14)4-12(5-11)16-8-9-1-2-15-7-9/h3-5,9,14H,1-2,6-8H2. The van der Waals surface area contributed by atoms with Crippen LogP contribution < -0.4 is 4.74 Å². The molecule has 88 valence electrons. The summed E-state index contributed by atoms with van der Waals surface area (Å²) in [6.07, 6.45) is 0.988. The van der Waals surface area contributed by atoms with E-state index in [1.54, 1.807) is 6.07 Å². The second-order valence-electron chi connectivity index (χ2n) is 3.99. The van der Waals surface area contributed by atoms with E-state index in [1.165, 1.54) is 12.1 Å². The zero-order valence-electron chi connectivity index (χ0n) is 8.99. The fourth-order valence-electron chi connectivity index (χ4n) is 1.72. The number of aliphatic hydroxyl groups is 1. The fourth-order valence-corrected chi connectivity index (χ4v) is 1.72. The van der Waals surface area contributed by atoms with Gasteiger partial charge in [0.2, 0.25) is 0 Å². The van der Waals surface area contributed by atoms with Crippen LogP contribution in [-0.2, 0) is 11.3 Å². The number of benzene rings is 1. The molecule has 1 aliphatic rings. The number of rotatable bonds is 4. The van der Waals surface area contributed by atoms with Gasteiger partial charge in [-0.25, -0.2) is 4.39 Å². The van der Waals surface area contributed by atoms with Crippen molar-refractivity contribution in [2.24, 2.45) is 5.92 Å². The lowest BCUT2D eigenvalue weighted by molar-refractivity contribution is 0.167. The smallest absolute Gasteiger partial charge is 0.127 e. The predicted octanol–water partition coefficient (Wildman–Crippen LogP) is 1.73. The first-order valence-electron chi connectivity index (χ1n) is 5.39. The Hall–Kier alpha value is -1.13. The number of aliphatic hydroxyl groups excluding tert-OH is 1. The van der Waals surface area contributed by atoms with Crippen molar-refractivity contribution in [2.75, 3.05) is 19.8 Å². The number of hydrogen-bond acceptors (Lipinski definition) is 3. The SMILES string of the molecule is OCc1cc(F)cc(OCC2CCOC2)c1. The molecule has 1 unspecified atom stereocenters. The van der Waals surface area contributed by atoms with Gasteiger partial charge in [0.25, 0.3) is 0 Å². The van der Waals surface area contributed by atoms with Crippen LogP contribution in [-0.4, -0.2) is 24.9 Å². The first-order valence-corrected chi connectivity index (χ1v) is 5.39. The molecule has 0 aromatic heterocycles. The predicted molar refractivity (Wildman–Crippen MR) is 56.7 cm³/mol. The number of halogens is 1. The quantitative estimate of drug-likeness (QED) is 0.849. The van der Waals surface area contributed by atoms with E-state index in [2.05, 4.69) is 0 Å². The molecule has 1 aliphatic heterocycles. The Morgan fingerprint density at radius 2 is 2.31 bits per heavy atom. The summed E-state index contributed by atoms with van der Waals surface area (Å²) < 4.78 is 23.8. The van der Waals surface area contributed by atoms with Crippen LogP contribution in [0.5, 0.6) is 5.75 Å². The summed E-state index contributed by atoms with van der Waals surface area (Å²) in [5.74, 6) is 0.473. The van der Waals surface area contributed by atoms with Crippen molar-refractivity contribution < 1.29 is 19.0 Å². The molecule has 1 fully saturated rings. The second-order valence-corrected chi connectivity index (χ2v) is 3.99. The first kappa shape index (κ1) is 11.4. The van der Waals surface area contributed by atoms with E-state index >= 15 is 0 Å². The van der Waals surface area contributed by atoms with Crippen molar-refractivity contribution >= 4 is 0 Å². The van der Waals surface area contributed by atoms with Crippen LogP contribution in [0.4, 0.5) is 4.39 Å². The van der Waals surface area contributed by atoms with Gasteiger partial charge >= 0.3 is 0 Å². The average Bonchev–Trinajstić information content (AvgIpc) is 2.78. The first-order chi connectivity index (χ1) is 7.78. The van der Waals surface area contributed by atoms with Gasteiger partial charge in [-0.05, 0) is 24.1 Å². The Morgan fingerprint density at radius 1 is 1.44 bits per heavy atom. The molecule has 3 nitrogen and oxygen atoms in total. The third-order valence-corrected chi connectivity index (χ3v) is 2.62. The highest BCUT2D eigenvalue weighted by Gasteiger charge is 2.16. The maximum atomic E-state index is 13.1. The van der Waals surface area contributed by atoms with Gasteiger partial charge in [-0.2, -0.15) is 0 Å². The van der Waals surface area contributed by atoms with Crippen molar-refractivity contribution in [1.29, 1.82) is 0 Å². The molecule has 0 aliphatic carbocycles. The van der Waals surface area contributed by atoms with Crippen molar-refractivity contribution in [3.8, 4) is 5.75 Å². The lowest BCUT2D eigenvalue weighted by atomic mass is 10.1. The Balaban J connectivity index is 1.94. The molecule has 1 N–H and O–H groups in total. The zero-order valence-corrected chi connectivity index (χ0v) is 8.99. The van der Waals surface area contributed by atoms with Gasteiger partial charge < -0.3 is 14.6 Å². The minimum atomic E-state index is -0.385. The molecule has 0 saturated carbocycles. The van der Waals surface area contributed by atoms with E-state index in [4.69, 9.17) is 14.6 Å². The largest absolute Gasteiger partial charge is 0.493 e. The fraction of sp³-hybridized carbons (Fsp3) is 0.500. The highest BCUT2D eigenvalue weighted by Crippen LogP contribution is 2.19. The molecule has 4 heteroatoms. The minimum absolute atomic E-state index is 0.180. The highest BCUT2D eigenvalue weighted by atomic mass is 19.1. The molecular weight excluding hydrogens is 211 g/mol. The van der Waals surface area contributed by atoms with Crippen LogP contribution in [0.3, 0.4) is 0 Å². The summed E-state index contributed by atoms with van der Waals surface area (Å²) >= 11 is 0. The van der Waals surface area contributed by atoms with Crippen molar-refractivity contribution in [3.63, 3.8) is 0 Å². The highest BCUT2D eigenvalue weighted by molar-refractivity contribution is 5.29. The Morgan fingerprint density at radius 3 is 3.00 bits per heavy atom. The maximum Gasteiger partial charge on any atom is 0.127 e. The van der Waals surface area contributed by atoms with E-state index in [-0.39, 0.29) is 12.4 Å². The normalized spacial score (nSPS) is 20.0. The van der Waals surface area contributed by atoms with Gasteiger partial charge in [0.05, 0.1) is 19.8 Å². The summed E-state index contributed by atoms with van der Waals surface area (Å²) in [7, 11) is 0. The molecule has 0 radical (unpaired) electrons. The molecule has 0 amide bonds. The molecule has 0 spiro atoms. The Kier molecular flexibility index (Phi) is 3.74. The molecule has 16 heavy (non-hydrogen) atoms. The van der Waals surface area contributed by atoms with Gasteiger partial charge in [0.1, 0.15) is 11.6 Å². The molecule has 1 aromatic carbocycles. The molecular formula is C12H15FO3. The average molecular weight is 226 g/mol. The van der Waals surface area contributed by atoms with Gasteiger partial charge in [-0.15, -0.1) is 0 Å². The summed E-state index contributed by atoms with van der Waals surface area (Å²) in [5.41, 5.74) is 0.526. The second kappa shape index (κ2) is 5.27.